The molecular weight excluding hydrogens is 195 g/mol. The molecule has 0 aliphatic rings. The monoisotopic (exact) mass is 218 g/mol. The average Bonchev–Trinajstić information content (AvgIpc) is 2.14. The highest BCUT2D eigenvalue weighted by atomic mass is 16.7. The first kappa shape index (κ1) is 14.9. The van der Waals surface area contributed by atoms with Crippen molar-refractivity contribution in [2.45, 2.75) is 27.7 Å². The van der Waals surface area contributed by atoms with Gasteiger partial charge in [-0.15, -0.1) is 0 Å². The predicted molar refractivity (Wildman–Crippen MR) is 60.6 cm³/mol. The van der Waals surface area contributed by atoms with E-state index in [4.69, 9.17) is 18.8 Å². The molecule has 0 amide bonds. The van der Waals surface area contributed by atoms with Crippen molar-refractivity contribution in [1.29, 1.82) is 0 Å². The van der Waals surface area contributed by atoms with E-state index in [-0.39, 0.29) is 21.3 Å². The van der Waals surface area contributed by atoms with Crippen LogP contribution >= 0.6 is 0 Å². The fourth-order valence-corrected chi connectivity index (χ4v) is 0.812. The Labute approximate surface area is 93.5 Å². The molecule has 0 aliphatic carbocycles. The molecule has 0 aromatic rings. The van der Waals surface area contributed by atoms with Gasteiger partial charge >= 0.3 is 7.69 Å². The van der Waals surface area contributed by atoms with Crippen molar-refractivity contribution >= 4 is 7.69 Å². The van der Waals surface area contributed by atoms with Crippen LogP contribution in [-0.2, 0) is 18.8 Å². The van der Waals surface area contributed by atoms with Gasteiger partial charge in [-0.05, 0) is 11.8 Å². The molecule has 0 aliphatic heterocycles. The largest absolute Gasteiger partial charge is 0.441 e. The molecule has 0 N–H and O–H groups in total. The molecule has 0 radical (unpaired) electrons. The van der Waals surface area contributed by atoms with Crippen LogP contribution < -0.4 is 0 Å². The van der Waals surface area contributed by atoms with Crippen LogP contribution in [0.25, 0.3) is 0 Å². The molecule has 0 heterocycles. The summed E-state index contributed by atoms with van der Waals surface area (Å²) in [7, 11) is 0.218. The predicted octanol–water partition coefficient (Wildman–Crippen LogP) is 1.55. The zero-order valence-electron chi connectivity index (χ0n) is 10.3. The number of hydrogen-bond donors (Lipinski definition) is 0. The van der Waals surface area contributed by atoms with E-state index in [1.807, 2.05) is 0 Å². The van der Waals surface area contributed by atoms with Gasteiger partial charge in [-0.1, -0.05) is 27.7 Å². The van der Waals surface area contributed by atoms with Crippen LogP contribution in [0.4, 0.5) is 0 Å². The summed E-state index contributed by atoms with van der Waals surface area (Å²) in [6.45, 7) is 10.4. The smallest absolute Gasteiger partial charge is 0.391 e. The summed E-state index contributed by atoms with van der Waals surface area (Å²) in [6.07, 6.45) is 0. The van der Waals surface area contributed by atoms with Gasteiger partial charge in [0.25, 0.3) is 0 Å². The summed E-state index contributed by atoms with van der Waals surface area (Å²) >= 11 is 0. The minimum absolute atomic E-state index is 0.218. The van der Waals surface area contributed by atoms with Gasteiger partial charge in [-0.25, -0.2) is 0 Å². The van der Waals surface area contributed by atoms with Crippen LogP contribution in [0.3, 0.4) is 0 Å². The Balaban J connectivity index is 2.93. The van der Waals surface area contributed by atoms with Crippen LogP contribution in [0, 0.1) is 11.8 Å². The first-order valence-electron chi connectivity index (χ1n) is 5.44. The third-order valence-electron chi connectivity index (χ3n) is 1.40. The van der Waals surface area contributed by atoms with Crippen molar-refractivity contribution in [3.63, 3.8) is 0 Å². The van der Waals surface area contributed by atoms with Crippen LogP contribution in [0.1, 0.15) is 27.7 Å². The summed E-state index contributed by atoms with van der Waals surface area (Å²) in [4.78, 5) is 0. The van der Waals surface area contributed by atoms with Gasteiger partial charge in [0.2, 0.25) is 0 Å². The molecule has 0 bridgehead atoms. The Hall–Kier alpha value is -0.0951. The molecule has 4 nitrogen and oxygen atoms in total. The third-order valence-corrected chi connectivity index (χ3v) is 1.40. The van der Waals surface area contributed by atoms with Crippen LogP contribution in [0.2, 0.25) is 0 Å². The van der Waals surface area contributed by atoms with Gasteiger partial charge < -0.3 is 18.8 Å². The second kappa shape index (κ2) is 10.4. The van der Waals surface area contributed by atoms with Gasteiger partial charge in [0.1, 0.15) is 13.6 Å². The Morgan fingerprint density at radius 1 is 0.800 bits per heavy atom. The number of hydrogen-bond acceptors (Lipinski definition) is 4. The molecule has 0 spiro atoms. The van der Waals surface area contributed by atoms with Crippen LogP contribution in [-0.4, -0.2) is 34.5 Å². The Morgan fingerprint density at radius 3 is 1.53 bits per heavy atom. The van der Waals surface area contributed by atoms with E-state index < -0.39 is 0 Å². The highest BCUT2D eigenvalue weighted by Crippen LogP contribution is 1.93. The SMILES string of the molecule is CC(C)COCOBOCOCC(C)C. The highest BCUT2D eigenvalue weighted by molar-refractivity contribution is 6.17. The molecule has 15 heavy (non-hydrogen) atoms. The number of ether oxygens (including phenoxy) is 2. The van der Waals surface area contributed by atoms with Gasteiger partial charge in [0.05, 0.1) is 13.2 Å². The summed E-state index contributed by atoms with van der Waals surface area (Å²) in [5.41, 5.74) is 0. The molecule has 0 saturated heterocycles. The molecule has 90 valence electrons. The molecular formula is C10H23BO4. The van der Waals surface area contributed by atoms with E-state index in [9.17, 15) is 0 Å². The first-order chi connectivity index (χ1) is 7.13. The van der Waals surface area contributed by atoms with E-state index in [2.05, 4.69) is 27.7 Å². The molecule has 5 heteroatoms. The number of rotatable bonds is 10. The fraction of sp³-hybridized carbons (Fsp3) is 1.00. The van der Waals surface area contributed by atoms with Gasteiger partial charge in [-0.3, -0.25) is 0 Å². The van der Waals surface area contributed by atoms with Crippen molar-refractivity contribution < 1.29 is 18.8 Å². The molecule has 0 rings (SSSR count). The minimum atomic E-state index is 0.218. The van der Waals surface area contributed by atoms with Gasteiger partial charge in [0, 0.05) is 0 Å². The minimum Gasteiger partial charge on any atom is -0.391 e. The van der Waals surface area contributed by atoms with Crippen molar-refractivity contribution in [3.8, 4) is 0 Å². The van der Waals surface area contributed by atoms with E-state index in [1.54, 1.807) is 0 Å². The lowest BCUT2D eigenvalue weighted by Gasteiger charge is -2.08. The first-order valence-corrected chi connectivity index (χ1v) is 5.44. The summed E-state index contributed by atoms with van der Waals surface area (Å²) < 4.78 is 20.5. The highest BCUT2D eigenvalue weighted by Gasteiger charge is 1.97. The lowest BCUT2D eigenvalue weighted by Crippen LogP contribution is -2.13. The van der Waals surface area contributed by atoms with E-state index in [0.717, 1.165) is 0 Å². The molecule has 0 aromatic heterocycles. The summed E-state index contributed by atoms with van der Waals surface area (Å²) in [5, 5.41) is 0. The third kappa shape index (κ3) is 13.9. The Morgan fingerprint density at radius 2 is 1.20 bits per heavy atom. The standard InChI is InChI=1S/C10H23BO4/c1-9(2)5-12-7-14-11-15-8-13-6-10(3)4/h9-11H,5-8H2,1-4H3. The topological polar surface area (TPSA) is 36.9 Å². The lowest BCUT2D eigenvalue weighted by molar-refractivity contribution is -0.0356. The molecule has 0 saturated carbocycles. The molecule has 0 aromatic carbocycles. The van der Waals surface area contributed by atoms with Crippen molar-refractivity contribution in [2.75, 3.05) is 26.8 Å². The normalized spacial score (nSPS) is 11.3. The van der Waals surface area contributed by atoms with Crippen molar-refractivity contribution in [2.24, 2.45) is 11.8 Å². The van der Waals surface area contributed by atoms with E-state index >= 15 is 0 Å². The van der Waals surface area contributed by atoms with Gasteiger partial charge in [0.15, 0.2) is 0 Å². The fourth-order valence-electron chi connectivity index (χ4n) is 0.812. The second-order valence-electron chi connectivity index (χ2n) is 4.29. The zero-order valence-corrected chi connectivity index (χ0v) is 10.3. The second-order valence-corrected chi connectivity index (χ2v) is 4.29. The van der Waals surface area contributed by atoms with Crippen molar-refractivity contribution in [1.82, 2.24) is 0 Å². The lowest BCUT2D eigenvalue weighted by atomic mass is 10.2. The Bertz CT molecular complexity index is 117. The van der Waals surface area contributed by atoms with Gasteiger partial charge in [-0.2, -0.15) is 0 Å². The summed E-state index contributed by atoms with van der Waals surface area (Å²) in [6, 6.07) is 0. The average molecular weight is 218 g/mol. The van der Waals surface area contributed by atoms with Crippen LogP contribution in [0.5, 0.6) is 0 Å². The van der Waals surface area contributed by atoms with E-state index in [0.29, 0.717) is 25.0 Å². The Kier molecular flexibility index (Phi) is 10.4. The maximum atomic E-state index is 5.20. The van der Waals surface area contributed by atoms with Crippen LogP contribution in [0.15, 0.2) is 0 Å². The maximum absolute atomic E-state index is 5.20. The maximum Gasteiger partial charge on any atom is 0.441 e. The molecule has 0 fully saturated rings. The quantitative estimate of drug-likeness (QED) is 0.316. The van der Waals surface area contributed by atoms with E-state index in [1.165, 1.54) is 0 Å². The van der Waals surface area contributed by atoms with Crippen molar-refractivity contribution in [3.05, 3.63) is 0 Å². The molecule has 0 unspecified atom stereocenters. The molecule has 0 atom stereocenters. The zero-order chi connectivity index (χ0) is 11.5. The summed E-state index contributed by atoms with van der Waals surface area (Å²) in [5.74, 6) is 1.06.